The number of nitrogens with zero attached hydrogens (tertiary/aromatic N) is 2. The molecule has 0 aromatic carbocycles. The van der Waals surface area contributed by atoms with Gasteiger partial charge in [0.2, 0.25) is 5.91 Å². The van der Waals surface area contributed by atoms with Crippen LogP contribution in [0.15, 0.2) is 24.5 Å². The lowest BCUT2D eigenvalue weighted by molar-refractivity contribution is -0.193. The summed E-state index contributed by atoms with van der Waals surface area (Å²) in [7, 11) is 0. The first-order valence-electron chi connectivity index (χ1n) is 9.17. The van der Waals surface area contributed by atoms with Crippen LogP contribution in [0.2, 0.25) is 0 Å². The highest BCUT2D eigenvalue weighted by molar-refractivity contribution is 7.11. The molecule has 1 unspecified atom stereocenters. The van der Waals surface area contributed by atoms with Crippen molar-refractivity contribution in [3.05, 3.63) is 45.7 Å². The smallest absolute Gasteiger partial charge is 0.475 e. The Kier molecular flexibility index (Phi) is 12.2. The zero-order valence-corrected chi connectivity index (χ0v) is 18.8. The summed E-state index contributed by atoms with van der Waals surface area (Å²) in [5.74, 6) is -5.47. The first-order chi connectivity index (χ1) is 15.4. The molecule has 2 aromatic heterocycles. The van der Waals surface area contributed by atoms with E-state index in [1.54, 1.807) is 23.7 Å². The van der Waals surface area contributed by atoms with Gasteiger partial charge >= 0.3 is 24.3 Å². The Morgan fingerprint density at radius 1 is 1.06 bits per heavy atom. The fourth-order valence-corrected chi connectivity index (χ4v) is 3.05. The average Bonchev–Trinajstić information content (AvgIpc) is 3.05. The molecule has 0 aliphatic heterocycles. The van der Waals surface area contributed by atoms with Gasteiger partial charge in [0.25, 0.3) is 0 Å². The van der Waals surface area contributed by atoms with Crippen LogP contribution < -0.4 is 5.32 Å². The molecule has 2 aromatic rings. The number of thiazole rings is 1. The number of carbonyl (C=O) groups is 3. The number of alkyl halides is 6. The molecule has 0 bridgehead atoms. The molecular formula is C19H21F6N3O5S. The maximum Gasteiger partial charge on any atom is 0.490 e. The third-order valence-electron chi connectivity index (χ3n) is 3.58. The van der Waals surface area contributed by atoms with Crippen molar-refractivity contribution >= 4 is 29.2 Å². The summed E-state index contributed by atoms with van der Waals surface area (Å²) in [6.07, 6.45) is -5.46. The Hall–Kier alpha value is -3.23. The second-order valence-electron chi connectivity index (χ2n) is 6.43. The molecule has 0 fully saturated rings. The van der Waals surface area contributed by atoms with Crippen molar-refractivity contribution in [2.24, 2.45) is 0 Å². The first kappa shape index (κ1) is 30.8. The lowest BCUT2D eigenvalue weighted by atomic mass is 10.1. The minimum atomic E-state index is -5.08. The minimum absolute atomic E-state index is 0.0404. The van der Waals surface area contributed by atoms with Gasteiger partial charge in [-0.25, -0.2) is 14.6 Å². The monoisotopic (exact) mass is 517 g/mol. The Morgan fingerprint density at radius 2 is 1.56 bits per heavy atom. The Labute approximate surface area is 193 Å². The van der Waals surface area contributed by atoms with Gasteiger partial charge in [-0.15, -0.1) is 11.3 Å². The van der Waals surface area contributed by atoms with Crippen LogP contribution in [0.3, 0.4) is 0 Å². The molecule has 0 aliphatic carbocycles. The van der Waals surface area contributed by atoms with Gasteiger partial charge in [-0.1, -0.05) is 6.07 Å². The van der Waals surface area contributed by atoms with Crippen molar-refractivity contribution in [2.45, 2.75) is 52.0 Å². The molecule has 8 nitrogen and oxygen atoms in total. The van der Waals surface area contributed by atoms with Crippen molar-refractivity contribution < 1.29 is 50.9 Å². The van der Waals surface area contributed by atoms with Crippen LogP contribution in [0, 0.1) is 13.8 Å². The summed E-state index contributed by atoms with van der Waals surface area (Å²) in [4.78, 5) is 39.4. The van der Waals surface area contributed by atoms with E-state index in [9.17, 15) is 31.1 Å². The highest BCUT2D eigenvalue weighted by atomic mass is 32.1. The van der Waals surface area contributed by atoms with Crippen LogP contribution in [0.25, 0.3) is 0 Å². The first-order valence-corrected chi connectivity index (χ1v) is 9.99. The number of hydrogen-bond donors (Lipinski definition) is 3. The number of rotatable bonds is 5. The molecule has 2 rings (SSSR count). The molecule has 0 saturated heterocycles. The van der Waals surface area contributed by atoms with Crippen molar-refractivity contribution in [2.75, 3.05) is 0 Å². The van der Waals surface area contributed by atoms with E-state index in [2.05, 4.69) is 15.3 Å². The summed E-state index contributed by atoms with van der Waals surface area (Å²) >= 11 is 1.66. The number of carbonyl (C=O) groups excluding carboxylic acids is 1. The molecule has 34 heavy (non-hydrogen) atoms. The molecular weight excluding hydrogens is 496 g/mol. The number of amides is 1. The van der Waals surface area contributed by atoms with Gasteiger partial charge in [0.05, 0.1) is 16.7 Å². The zero-order chi connectivity index (χ0) is 26.7. The minimum Gasteiger partial charge on any atom is -0.475 e. The summed E-state index contributed by atoms with van der Waals surface area (Å²) < 4.78 is 63.5. The van der Waals surface area contributed by atoms with Crippen LogP contribution in [-0.2, 0) is 20.8 Å². The highest BCUT2D eigenvalue weighted by Gasteiger charge is 2.38. The molecule has 15 heteroatoms. The van der Waals surface area contributed by atoms with E-state index in [-0.39, 0.29) is 11.9 Å². The Morgan fingerprint density at radius 3 is 1.91 bits per heavy atom. The van der Waals surface area contributed by atoms with E-state index in [4.69, 9.17) is 19.8 Å². The van der Waals surface area contributed by atoms with Gasteiger partial charge in [-0.2, -0.15) is 26.3 Å². The standard InChI is InChI=1S/C15H19N3OS.2C2HF3O2/c1-10(15-11(2)20-12(3)18-15)17-14(19)7-6-13-5-4-8-16-9-13;2*3-2(4,5)1(6)7/h4-5,8-10H,6-7H2,1-3H3,(H,17,19);2*(H,6,7). The van der Waals surface area contributed by atoms with Crippen LogP contribution in [0.1, 0.15) is 40.5 Å². The predicted octanol–water partition coefficient (Wildman–Crippen LogP) is 4.23. The van der Waals surface area contributed by atoms with Crippen molar-refractivity contribution in [1.82, 2.24) is 15.3 Å². The Bertz CT molecular complexity index is 924. The van der Waals surface area contributed by atoms with Crippen LogP contribution in [0.4, 0.5) is 26.3 Å². The number of aryl methyl sites for hydroxylation is 3. The average molecular weight is 517 g/mol. The fraction of sp³-hybridized carbons (Fsp3) is 0.421. The topological polar surface area (TPSA) is 129 Å². The molecule has 0 aliphatic rings. The quantitative estimate of drug-likeness (QED) is 0.506. The van der Waals surface area contributed by atoms with E-state index < -0.39 is 24.3 Å². The van der Waals surface area contributed by atoms with E-state index in [0.29, 0.717) is 12.8 Å². The maximum absolute atomic E-state index is 12.0. The summed E-state index contributed by atoms with van der Waals surface area (Å²) in [6.45, 7) is 6.00. The number of aromatic nitrogens is 2. The van der Waals surface area contributed by atoms with E-state index in [0.717, 1.165) is 16.3 Å². The van der Waals surface area contributed by atoms with Gasteiger partial charge in [0, 0.05) is 23.7 Å². The SMILES string of the molecule is Cc1nc(C(C)NC(=O)CCc2cccnc2)c(C)s1.O=C(O)C(F)(F)F.O=C(O)C(F)(F)F. The number of aliphatic carboxylic acids is 2. The number of carboxylic acid groups (broad SMARTS) is 2. The van der Waals surface area contributed by atoms with E-state index in [1.165, 1.54) is 4.88 Å². The van der Waals surface area contributed by atoms with E-state index >= 15 is 0 Å². The molecule has 3 N–H and O–H groups in total. The second-order valence-corrected chi connectivity index (χ2v) is 7.84. The van der Waals surface area contributed by atoms with Crippen LogP contribution >= 0.6 is 11.3 Å². The molecule has 2 heterocycles. The number of nitrogens with one attached hydrogen (secondary N) is 1. The zero-order valence-electron chi connectivity index (χ0n) is 18.0. The summed E-state index contributed by atoms with van der Waals surface area (Å²) in [5.41, 5.74) is 2.05. The van der Waals surface area contributed by atoms with Gasteiger partial charge < -0.3 is 15.5 Å². The molecule has 190 valence electrons. The number of pyridine rings is 1. The summed E-state index contributed by atoms with van der Waals surface area (Å²) in [6, 6.07) is 3.83. The highest BCUT2D eigenvalue weighted by Crippen LogP contribution is 2.22. The number of hydrogen-bond acceptors (Lipinski definition) is 6. The third-order valence-corrected chi connectivity index (χ3v) is 4.48. The summed E-state index contributed by atoms with van der Waals surface area (Å²) in [5, 5.41) is 18.3. The molecule has 0 saturated carbocycles. The Balaban J connectivity index is 0.000000642. The molecule has 0 radical (unpaired) electrons. The van der Waals surface area contributed by atoms with Crippen LogP contribution in [-0.4, -0.2) is 50.4 Å². The van der Waals surface area contributed by atoms with Crippen LogP contribution in [0.5, 0.6) is 0 Å². The molecule has 1 atom stereocenters. The van der Waals surface area contributed by atoms with Crippen molar-refractivity contribution in [3.8, 4) is 0 Å². The van der Waals surface area contributed by atoms with Crippen molar-refractivity contribution in [1.29, 1.82) is 0 Å². The van der Waals surface area contributed by atoms with Gasteiger partial charge in [-0.3, -0.25) is 9.78 Å². The normalized spacial score (nSPS) is 11.8. The fourth-order valence-electron chi connectivity index (χ4n) is 2.13. The second kappa shape index (κ2) is 13.5. The molecule has 0 spiro atoms. The number of carboxylic acids is 2. The van der Waals surface area contributed by atoms with Gasteiger partial charge in [0.1, 0.15) is 0 Å². The van der Waals surface area contributed by atoms with Crippen molar-refractivity contribution in [3.63, 3.8) is 0 Å². The third kappa shape index (κ3) is 12.7. The lowest BCUT2D eigenvalue weighted by Crippen LogP contribution is -2.27. The number of halogens is 6. The van der Waals surface area contributed by atoms with Gasteiger partial charge in [0.15, 0.2) is 0 Å². The largest absolute Gasteiger partial charge is 0.490 e. The maximum atomic E-state index is 12.0. The predicted molar refractivity (Wildman–Crippen MR) is 108 cm³/mol. The van der Waals surface area contributed by atoms with Gasteiger partial charge in [-0.05, 0) is 38.8 Å². The lowest BCUT2D eigenvalue weighted by Gasteiger charge is -2.12. The molecule has 1 amide bonds. The van der Waals surface area contributed by atoms with E-state index in [1.807, 2.05) is 32.9 Å².